The first kappa shape index (κ1) is 19.6. The van der Waals surface area contributed by atoms with E-state index in [-0.39, 0.29) is 6.61 Å². The lowest BCUT2D eigenvalue weighted by Gasteiger charge is -2.44. The van der Waals surface area contributed by atoms with E-state index in [1.54, 1.807) is 0 Å². The molecule has 0 aromatic rings. The Balaban J connectivity index is 2.62. The Labute approximate surface area is 132 Å². The van der Waals surface area contributed by atoms with Crippen LogP contribution in [0.25, 0.3) is 0 Å². The lowest BCUT2D eigenvalue weighted by atomic mass is 10.5. The summed E-state index contributed by atoms with van der Waals surface area (Å²) in [5.74, 6) is 0. The molecule has 0 radical (unpaired) electrons. The average Bonchev–Trinajstić information content (AvgIpc) is 2.22. The largest absolute Gasteiger partial charge is 0.418 e. The normalized spacial score (nSPS) is 32.4. The fraction of sp³-hybridized carbons (Fsp3) is 1.00. The number of halogens is 1. The van der Waals surface area contributed by atoms with Gasteiger partial charge in [0.15, 0.2) is 0 Å². The highest BCUT2D eigenvalue weighted by Gasteiger charge is 2.48. The third-order valence-electron chi connectivity index (χ3n) is 2.96. The molecule has 1 heterocycles. The Morgan fingerprint density at radius 3 is 2.24 bits per heavy atom. The maximum atomic E-state index is 12.0. The molecule has 0 saturated carbocycles. The van der Waals surface area contributed by atoms with Crippen LogP contribution in [-0.4, -0.2) is 54.9 Å². The zero-order valence-electron chi connectivity index (χ0n) is 14.0. The van der Waals surface area contributed by atoms with Crippen LogP contribution in [0, 0.1) is 0 Å². The third-order valence-corrected chi connectivity index (χ3v) is 18.8. The van der Waals surface area contributed by atoms with Crippen LogP contribution < -0.4 is 0 Å². The second-order valence-electron chi connectivity index (χ2n) is 6.35. The summed E-state index contributed by atoms with van der Waals surface area (Å²) in [6, 6.07) is 0.821. The predicted molar refractivity (Wildman–Crippen MR) is 90.2 cm³/mol. The van der Waals surface area contributed by atoms with Gasteiger partial charge in [0.25, 0.3) is 0 Å². The van der Waals surface area contributed by atoms with Crippen molar-refractivity contribution in [1.29, 1.82) is 0 Å². The van der Waals surface area contributed by atoms with E-state index in [0.29, 0.717) is 6.61 Å². The van der Waals surface area contributed by atoms with Gasteiger partial charge in [-0.15, -0.1) is 0 Å². The molecule has 1 aliphatic heterocycles. The van der Waals surface area contributed by atoms with E-state index in [9.17, 15) is 4.39 Å². The summed E-state index contributed by atoms with van der Waals surface area (Å²) in [5.41, 5.74) is 0. The molecule has 0 aromatic heterocycles. The minimum absolute atomic E-state index is 0.164. The summed E-state index contributed by atoms with van der Waals surface area (Å²) < 4.78 is 42.1. The van der Waals surface area contributed by atoms with Crippen LogP contribution in [0.15, 0.2) is 0 Å². The molecule has 1 saturated heterocycles. The van der Waals surface area contributed by atoms with Crippen molar-refractivity contribution in [2.45, 2.75) is 51.7 Å². The predicted octanol–water partition coefficient (Wildman–Crippen LogP) is 2.77. The van der Waals surface area contributed by atoms with Crippen LogP contribution in [0.3, 0.4) is 0 Å². The second kappa shape index (κ2) is 7.92. The first-order valence-corrected chi connectivity index (χ1v) is 17.7. The van der Waals surface area contributed by atoms with Crippen molar-refractivity contribution >= 4 is 35.0 Å². The summed E-state index contributed by atoms with van der Waals surface area (Å²) in [7, 11) is -8.47. The zero-order chi connectivity index (χ0) is 16.1. The Morgan fingerprint density at radius 2 is 1.62 bits per heavy atom. The van der Waals surface area contributed by atoms with Crippen molar-refractivity contribution in [3.63, 3.8) is 0 Å². The lowest BCUT2D eigenvalue weighted by molar-refractivity contribution is 0.118. The molecule has 1 rings (SSSR count). The first-order chi connectivity index (χ1) is 9.58. The molecule has 0 amide bonds. The van der Waals surface area contributed by atoms with Crippen LogP contribution in [0.4, 0.5) is 4.39 Å². The van der Waals surface area contributed by atoms with Gasteiger partial charge in [0, 0.05) is 6.61 Å². The van der Waals surface area contributed by atoms with Crippen LogP contribution >= 0.6 is 0 Å². The van der Waals surface area contributed by atoms with Gasteiger partial charge in [-0.1, -0.05) is 0 Å². The Kier molecular flexibility index (Phi) is 7.41. The van der Waals surface area contributed by atoms with Gasteiger partial charge in [0.1, 0.15) is 6.67 Å². The zero-order valence-corrected chi connectivity index (χ0v) is 18.2. The van der Waals surface area contributed by atoms with E-state index in [0.717, 1.165) is 12.5 Å². The minimum atomic E-state index is -2.32. The molecular weight excluding hydrogens is 343 g/mol. The van der Waals surface area contributed by atoms with Gasteiger partial charge in [-0.3, -0.25) is 0 Å². The molecule has 0 aliphatic carbocycles. The van der Waals surface area contributed by atoms with Gasteiger partial charge >= 0.3 is 35.0 Å². The fourth-order valence-corrected chi connectivity index (χ4v) is 21.7. The molecule has 1 aliphatic rings. The molecule has 0 aromatic carbocycles. The maximum absolute atomic E-state index is 12.0. The van der Waals surface area contributed by atoms with E-state index < -0.39 is 41.6 Å². The summed E-state index contributed by atoms with van der Waals surface area (Å²) in [5, 5.41) is 0. The summed E-state index contributed by atoms with van der Waals surface area (Å²) in [6.45, 7) is 12.6. The highest BCUT2D eigenvalue weighted by atomic mass is 28.5. The third kappa shape index (κ3) is 7.61. The van der Waals surface area contributed by atoms with Crippen molar-refractivity contribution in [2.24, 2.45) is 0 Å². The van der Waals surface area contributed by atoms with E-state index >= 15 is 0 Å². The van der Waals surface area contributed by atoms with Crippen molar-refractivity contribution in [3.8, 4) is 0 Å². The van der Waals surface area contributed by atoms with Crippen molar-refractivity contribution < 1.29 is 25.6 Å². The molecule has 0 bridgehead atoms. The number of hydrogen-bond acceptors (Lipinski definition) is 5. The van der Waals surface area contributed by atoms with E-state index in [1.807, 2.05) is 19.6 Å². The van der Waals surface area contributed by atoms with E-state index in [4.69, 9.17) is 21.2 Å². The topological polar surface area (TPSA) is 46.2 Å². The number of rotatable bonds is 6. The highest BCUT2D eigenvalue weighted by molar-refractivity contribution is 6.89. The maximum Gasteiger partial charge on any atom is 0.317 e. The molecular formula is C11H29FO5Si4. The van der Waals surface area contributed by atoms with Gasteiger partial charge in [0.05, 0.1) is 6.61 Å². The number of alkyl halides is 1. The van der Waals surface area contributed by atoms with Crippen molar-refractivity contribution in [1.82, 2.24) is 0 Å². The Bertz CT molecular complexity index is 334. The Morgan fingerprint density at radius 1 is 0.952 bits per heavy atom. The van der Waals surface area contributed by atoms with E-state index in [1.165, 1.54) is 0 Å². The quantitative estimate of drug-likeness (QED) is 0.530. The molecule has 2 atom stereocenters. The minimum Gasteiger partial charge on any atom is -0.418 e. The SMILES string of the molecule is C[SiH]1O[Si](C)(C)O[Si](C)(C)O[Si](C)(CCCOCCF)O1. The standard InChI is InChI=1S/C11H29FO5Si4/c1-18-14-19(2,3)16-20(4,5)17-21(6,15-18)11-7-9-13-10-8-12/h18H,7-11H2,1-6H3. The lowest BCUT2D eigenvalue weighted by Crippen LogP contribution is -2.61. The van der Waals surface area contributed by atoms with Gasteiger partial charge in [-0.05, 0) is 51.7 Å². The first-order valence-electron chi connectivity index (χ1n) is 7.47. The van der Waals surface area contributed by atoms with Crippen molar-refractivity contribution in [2.75, 3.05) is 19.9 Å². The monoisotopic (exact) mass is 372 g/mol. The molecule has 21 heavy (non-hydrogen) atoms. The van der Waals surface area contributed by atoms with Gasteiger partial charge in [-0.2, -0.15) is 0 Å². The van der Waals surface area contributed by atoms with Crippen LogP contribution in [0.1, 0.15) is 6.42 Å². The fourth-order valence-electron chi connectivity index (χ4n) is 2.72. The van der Waals surface area contributed by atoms with Crippen LogP contribution in [0.2, 0.25) is 45.3 Å². The molecule has 5 nitrogen and oxygen atoms in total. The van der Waals surface area contributed by atoms with Gasteiger partial charge < -0.3 is 21.2 Å². The van der Waals surface area contributed by atoms with Crippen LogP contribution in [-0.2, 0) is 21.2 Å². The number of ether oxygens (including phenoxy) is 1. The summed E-state index contributed by atoms with van der Waals surface area (Å²) >= 11 is 0. The van der Waals surface area contributed by atoms with Crippen LogP contribution in [0.5, 0.6) is 0 Å². The molecule has 10 heteroatoms. The average molecular weight is 373 g/mol. The summed E-state index contributed by atoms with van der Waals surface area (Å²) in [4.78, 5) is 0. The molecule has 0 N–H and O–H groups in total. The highest BCUT2D eigenvalue weighted by Crippen LogP contribution is 2.29. The molecule has 1 fully saturated rings. The second-order valence-corrected chi connectivity index (χ2v) is 19.4. The molecule has 0 spiro atoms. The van der Waals surface area contributed by atoms with E-state index in [2.05, 4.69) is 19.6 Å². The van der Waals surface area contributed by atoms with Gasteiger partial charge in [0.2, 0.25) is 0 Å². The van der Waals surface area contributed by atoms with Crippen molar-refractivity contribution in [3.05, 3.63) is 0 Å². The Hall–Kier alpha value is 0.598. The summed E-state index contributed by atoms with van der Waals surface area (Å²) in [6.07, 6.45) is 0.815. The molecule has 126 valence electrons. The molecule has 2 unspecified atom stereocenters. The number of hydrogen-bond donors (Lipinski definition) is 0. The smallest absolute Gasteiger partial charge is 0.317 e. The van der Waals surface area contributed by atoms with Gasteiger partial charge in [-0.25, -0.2) is 4.39 Å².